The van der Waals surface area contributed by atoms with Crippen molar-refractivity contribution in [1.29, 1.82) is 0 Å². The third-order valence-corrected chi connectivity index (χ3v) is 6.69. The van der Waals surface area contributed by atoms with Gasteiger partial charge in [0, 0.05) is 23.4 Å². The van der Waals surface area contributed by atoms with Gasteiger partial charge in [-0.1, -0.05) is 11.6 Å². The highest BCUT2D eigenvalue weighted by Gasteiger charge is 2.29. The number of rotatable bonds is 3. The fourth-order valence-electron chi connectivity index (χ4n) is 2.93. The maximum atomic E-state index is 12.5. The number of aryl methyl sites for hydroxylation is 1. The second-order valence-electron chi connectivity index (χ2n) is 6.04. The molecule has 4 rings (SSSR count). The lowest BCUT2D eigenvalue weighted by Gasteiger charge is -2.25. The normalized spacial score (nSPS) is 15.2. The van der Waals surface area contributed by atoms with Crippen LogP contribution in [0.15, 0.2) is 40.1 Å². The van der Waals surface area contributed by atoms with E-state index >= 15 is 0 Å². The molecule has 1 aliphatic rings. The molecular weight excluding hydrogens is 360 g/mol. The smallest absolute Gasteiger partial charge is 0.304 e. The zero-order valence-electron chi connectivity index (χ0n) is 13.5. The fourth-order valence-corrected chi connectivity index (χ4v) is 4.93. The molecule has 2 aromatic heterocycles. The van der Waals surface area contributed by atoms with Crippen molar-refractivity contribution in [2.45, 2.75) is 19.9 Å². The molecule has 1 aromatic carbocycles. The average Bonchev–Trinajstić information content (AvgIpc) is 3.19. The molecule has 1 N–H and O–H groups in total. The molecule has 130 valence electrons. The summed E-state index contributed by atoms with van der Waals surface area (Å²) in [6.45, 7) is 2.57. The number of furan rings is 1. The van der Waals surface area contributed by atoms with Gasteiger partial charge in [-0.2, -0.15) is 12.7 Å². The van der Waals surface area contributed by atoms with Crippen molar-refractivity contribution in [1.82, 2.24) is 9.03 Å². The molecule has 0 radical (unpaired) electrons. The minimum absolute atomic E-state index is 0.0163. The minimum Gasteiger partial charge on any atom is -0.451 e. The van der Waals surface area contributed by atoms with Gasteiger partial charge in [0.2, 0.25) is 0 Å². The van der Waals surface area contributed by atoms with E-state index in [2.05, 4.69) is 4.72 Å². The lowest BCUT2D eigenvalue weighted by atomic mass is 10.1. The number of nitrogens with zero attached hydrogens (tertiary/aromatic N) is 1. The third-order valence-electron chi connectivity index (χ3n) is 4.23. The Balaban J connectivity index is 1.54. The van der Waals surface area contributed by atoms with E-state index in [9.17, 15) is 13.2 Å². The Morgan fingerprint density at radius 2 is 2.12 bits per heavy atom. The number of carbonyl (C=O) groups excluding carboxylic acids is 1. The van der Waals surface area contributed by atoms with Gasteiger partial charge in [-0.25, -0.2) is 4.72 Å². The molecular formula is C17H16N2O4S2. The molecule has 0 aliphatic carbocycles. The maximum Gasteiger partial charge on any atom is 0.304 e. The topological polar surface area (TPSA) is 79.6 Å². The highest BCUT2D eigenvalue weighted by Crippen LogP contribution is 2.25. The molecule has 1 aliphatic heterocycles. The Labute approximate surface area is 149 Å². The van der Waals surface area contributed by atoms with Gasteiger partial charge in [-0.15, -0.1) is 11.3 Å². The van der Waals surface area contributed by atoms with Crippen LogP contribution in [-0.2, 0) is 23.2 Å². The molecule has 1 amide bonds. The largest absolute Gasteiger partial charge is 0.451 e. The summed E-state index contributed by atoms with van der Waals surface area (Å²) in [6.07, 6.45) is 0.659. The van der Waals surface area contributed by atoms with E-state index in [-0.39, 0.29) is 12.3 Å². The van der Waals surface area contributed by atoms with Gasteiger partial charge in [0.15, 0.2) is 5.76 Å². The summed E-state index contributed by atoms with van der Waals surface area (Å²) >= 11 is 1.63. The molecule has 25 heavy (non-hydrogen) atoms. The Kier molecular flexibility index (Phi) is 3.90. The van der Waals surface area contributed by atoms with Crippen LogP contribution in [0.1, 0.15) is 26.6 Å². The molecule has 0 fully saturated rings. The first-order chi connectivity index (χ1) is 11.9. The maximum absolute atomic E-state index is 12.5. The van der Waals surface area contributed by atoms with Crippen LogP contribution in [0.3, 0.4) is 0 Å². The summed E-state index contributed by atoms with van der Waals surface area (Å²) in [7, 11) is -3.92. The van der Waals surface area contributed by atoms with Crippen LogP contribution in [0.2, 0.25) is 0 Å². The van der Waals surface area contributed by atoms with Gasteiger partial charge in [0.1, 0.15) is 5.58 Å². The van der Waals surface area contributed by atoms with Gasteiger partial charge in [-0.05, 0) is 48.6 Å². The lowest BCUT2D eigenvalue weighted by Crippen LogP contribution is -2.45. The highest BCUT2D eigenvalue weighted by molar-refractivity contribution is 7.87. The van der Waals surface area contributed by atoms with Crippen LogP contribution in [-0.4, -0.2) is 25.2 Å². The molecule has 0 atom stereocenters. The number of hydrogen-bond acceptors (Lipinski definition) is 5. The van der Waals surface area contributed by atoms with E-state index in [1.165, 1.54) is 9.18 Å². The van der Waals surface area contributed by atoms with E-state index in [1.54, 1.807) is 23.5 Å². The number of nitrogens with one attached hydrogen (secondary N) is 1. The number of amides is 1. The summed E-state index contributed by atoms with van der Waals surface area (Å²) < 4.78 is 33.9. The predicted molar refractivity (Wildman–Crippen MR) is 95.8 cm³/mol. The Hall–Kier alpha value is -2.16. The quantitative estimate of drug-likeness (QED) is 0.762. The number of hydrogen-bond donors (Lipinski definition) is 1. The SMILES string of the molecule is Cc1ccc2oc(C(=O)NS(=O)(=O)N3CCc4sccc4C3)cc2c1. The molecule has 0 saturated carbocycles. The molecule has 0 bridgehead atoms. The van der Waals surface area contributed by atoms with Crippen LogP contribution in [0, 0.1) is 6.92 Å². The van der Waals surface area contributed by atoms with Crippen molar-refractivity contribution in [2.75, 3.05) is 6.54 Å². The number of carbonyl (C=O) groups is 1. The summed E-state index contributed by atoms with van der Waals surface area (Å²) in [6, 6.07) is 8.99. The number of thiophene rings is 1. The van der Waals surface area contributed by atoms with Crippen molar-refractivity contribution >= 4 is 38.4 Å². The van der Waals surface area contributed by atoms with Crippen LogP contribution >= 0.6 is 11.3 Å². The first-order valence-corrected chi connectivity index (χ1v) is 10.1. The van der Waals surface area contributed by atoms with Crippen LogP contribution in [0.5, 0.6) is 0 Å². The Bertz CT molecular complexity index is 1070. The molecule has 6 nitrogen and oxygen atoms in total. The molecule has 0 spiro atoms. The second-order valence-corrected chi connectivity index (χ2v) is 8.71. The fraction of sp³-hybridized carbons (Fsp3) is 0.235. The lowest BCUT2D eigenvalue weighted by molar-refractivity contribution is 0.0954. The van der Waals surface area contributed by atoms with E-state index in [4.69, 9.17) is 4.42 Å². The summed E-state index contributed by atoms with van der Waals surface area (Å²) in [4.78, 5) is 13.5. The first kappa shape index (κ1) is 16.3. The van der Waals surface area contributed by atoms with Crippen molar-refractivity contribution < 1.29 is 17.6 Å². The van der Waals surface area contributed by atoms with E-state index in [1.807, 2.05) is 30.5 Å². The predicted octanol–water partition coefficient (Wildman–Crippen LogP) is 2.84. The minimum atomic E-state index is -3.92. The van der Waals surface area contributed by atoms with Gasteiger partial charge in [0.25, 0.3) is 0 Å². The Morgan fingerprint density at radius 3 is 2.96 bits per heavy atom. The summed E-state index contributed by atoms with van der Waals surface area (Å²) in [5, 5.41) is 2.72. The summed E-state index contributed by atoms with van der Waals surface area (Å²) in [5.41, 5.74) is 2.58. The molecule has 3 heterocycles. The molecule has 3 aromatic rings. The van der Waals surface area contributed by atoms with Crippen LogP contribution in [0.4, 0.5) is 0 Å². The monoisotopic (exact) mass is 376 g/mol. The zero-order valence-corrected chi connectivity index (χ0v) is 15.1. The van der Waals surface area contributed by atoms with Gasteiger partial charge in [-0.3, -0.25) is 4.79 Å². The average molecular weight is 376 g/mol. The highest BCUT2D eigenvalue weighted by atomic mass is 32.2. The van der Waals surface area contributed by atoms with Crippen LogP contribution < -0.4 is 4.72 Å². The third kappa shape index (κ3) is 3.08. The Morgan fingerprint density at radius 1 is 1.28 bits per heavy atom. The van der Waals surface area contributed by atoms with Crippen LogP contribution in [0.25, 0.3) is 11.0 Å². The zero-order chi connectivity index (χ0) is 17.6. The number of benzene rings is 1. The van der Waals surface area contributed by atoms with Crippen molar-refractivity contribution in [3.05, 3.63) is 57.5 Å². The van der Waals surface area contributed by atoms with Gasteiger partial charge < -0.3 is 4.42 Å². The standard InChI is InChI=1S/C17H16N2O4S2/c1-11-2-3-14-13(8-11)9-15(23-14)17(20)18-25(21,22)19-6-4-16-12(10-19)5-7-24-16/h2-3,5,7-9H,4,6,10H2,1H3,(H,18,20). The van der Waals surface area contributed by atoms with Crippen molar-refractivity contribution in [3.63, 3.8) is 0 Å². The second kappa shape index (κ2) is 5.98. The molecule has 8 heteroatoms. The molecule has 0 saturated heterocycles. The van der Waals surface area contributed by atoms with E-state index in [0.717, 1.165) is 16.5 Å². The van der Waals surface area contributed by atoms with Gasteiger partial charge in [0.05, 0.1) is 0 Å². The summed E-state index contributed by atoms with van der Waals surface area (Å²) in [5.74, 6) is -0.776. The number of fused-ring (bicyclic) bond motifs is 2. The molecule has 0 unspecified atom stereocenters. The van der Waals surface area contributed by atoms with Gasteiger partial charge >= 0.3 is 16.1 Å². The van der Waals surface area contributed by atoms with E-state index in [0.29, 0.717) is 18.5 Å². The first-order valence-electron chi connectivity index (χ1n) is 7.80. The van der Waals surface area contributed by atoms with E-state index < -0.39 is 16.1 Å². The van der Waals surface area contributed by atoms with Crippen molar-refractivity contribution in [2.24, 2.45) is 0 Å². The van der Waals surface area contributed by atoms with Crippen molar-refractivity contribution in [3.8, 4) is 0 Å².